The van der Waals surface area contributed by atoms with E-state index in [0.717, 1.165) is 0 Å². The summed E-state index contributed by atoms with van der Waals surface area (Å²) in [4.78, 5) is 54.7. The Morgan fingerprint density at radius 1 is 1.08 bits per heavy atom. The Hall–Kier alpha value is -4.03. The predicted octanol–water partition coefficient (Wildman–Crippen LogP) is 3.33. The average Bonchev–Trinajstić information content (AvgIpc) is 3.68. The van der Waals surface area contributed by atoms with Gasteiger partial charge < -0.3 is 15.5 Å². The number of hydrogen-bond acceptors (Lipinski definition) is 6. The molecule has 0 saturated heterocycles. The van der Waals surface area contributed by atoms with E-state index in [0.29, 0.717) is 28.7 Å². The maximum Gasteiger partial charge on any atom is 0.337 e. The van der Waals surface area contributed by atoms with Gasteiger partial charge in [-0.05, 0) is 63.3 Å². The highest BCUT2D eigenvalue weighted by Crippen LogP contribution is 2.34. The van der Waals surface area contributed by atoms with Crippen molar-refractivity contribution in [3.8, 4) is 5.69 Å². The Bertz CT molecular complexity index is 1810. The first-order valence-corrected chi connectivity index (χ1v) is 13.0. The van der Waals surface area contributed by atoms with Gasteiger partial charge in [0, 0.05) is 29.3 Å². The van der Waals surface area contributed by atoms with Crippen molar-refractivity contribution in [2.24, 2.45) is 7.05 Å². The molecule has 0 radical (unpaired) electrons. The number of halogens is 2. The van der Waals surface area contributed by atoms with Crippen LogP contribution in [0.2, 0.25) is 0 Å². The highest BCUT2D eigenvalue weighted by atomic mass is 79.9. The van der Waals surface area contributed by atoms with E-state index in [4.69, 9.17) is 0 Å². The summed E-state index contributed by atoms with van der Waals surface area (Å²) in [6.45, 7) is 0.163. The quantitative estimate of drug-likeness (QED) is 0.339. The van der Waals surface area contributed by atoms with E-state index in [1.165, 1.54) is 38.9 Å². The van der Waals surface area contributed by atoms with Crippen LogP contribution in [0.4, 0.5) is 21.5 Å². The number of hydrogen-bond donors (Lipinski definition) is 2. The molecule has 1 aliphatic rings. The lowest BCUT2D eigenvalue weighted by atomic mass is 10.2. The molecule has 2 heterocycles. The number of nitrogens with one attached hydrogen (secondary N) is 2. The number of fused-ring (bicyclic) bond motifs is 1. The van der Waals surface area contributed by atoms with E-state index in [-0.39, 0.29) is 40.9 Å². The van der Waals surface area contributed by atoms with Crippen LogP contribution in [0.25, 0.3) is 16.7 Å². The lowest BCUT2D eigenvalue weighted by Crippen LogP contribution is -2.41. The molecule has 0 spiro atoms. The van der Waals surface area contributed by atoms with Gasteiger partial charge in [0.1, 0.15) is 16.9 Å². The molecule has 1 amide bonds. The first-order valence-electron chi connectivity index (χ1n) is 12.2. The van der Waals surface area contributed by atoms with Crippen molar-refractivity contribution in [2.75, 3.05) is 31.3 Å². The van der Waals surface area contributed by atoms with Crippen molar-refractivity contribution < 1.29 is 9.18 Å². The van der Waals surface area contributed by atoms with Gasteiger partial charge in [-0.25, -0.2) is 13.8 Å². The molecular weight excluding hydrogens is 571 g/mol. The van der Waals surface area contributed by atoms with Crippen LogP contribution in [-0.2, 0) is 11.8 Å². The predicted molar refractivity (Wildman–Crippen MR) is 152 cm³/mol. The van der Waals surface area contributed by atoms with Crippen molar-refractivity contribution >= 4 is 49.9 Å². The number of anilines is 3. The molecule has 0 unspecified atom stereocenters. The molecule has 1 aliphatic carbocycles. The highest BCUT2D eigenvalue weighted by Gasteiger charge is 2.31. The van der Waals surface area contributed by atoms with Crippen molar-refractivity contribution in [3.05, 3.63) is 90.0 Å². The fourth-order valence-corrected chi connectivity index (χ4v) is 4.83. The van der Waals surface area contributed by atoms with Crippen LogP contribution in [0, 0.1) is 5.82 Å². The lowest BCUT2D eigenvalue weighted by Gasteiger charge is -2.19. The third-order valence-corrected chi connectivity index (χ3v) is 6.90. The van der Waals surface area contributed by atoms with Crippen LogP contribution in [0.3, 0.4) is 0 Å². The Morgan fingerprint density at radius 2 is 1.82 bits per heavy atom. The van der Waals surface area contributed by atoms with E-state index >= 15 is 0 Å². The maximum absolute atomic E-state index is 14.7. The van der Waals surface area contributed by atoms with Gasteiger partial charge in [0.15, 0.2) is 0 Å². The van der Waals surface area contributed by atoms with Crippen LogP contribution in [-0.4, -0.2) is 45.1 Å². The summed E-state index contributed by atoms with van der Waals surface area (Å²) in [6, 6.07) is 11.9. The third-order valence-electron chi connectivity index (χ3n) is 6.41. The van der Waals surface area contributed by atoms with Crippen molar-refractivity contribution in [1.29, 1.82) is 0 Å². The Morgan fingerprint density at radius 3 is 2.49 bits per heavy atom. The van der Waals surface area contributed by atoms with Gasteiger partial charge in [-0.15, -0.1) is 0 Å². The number of likely N-dealkylation sites (N-methyl/N-ethyl adjacent to an activating group) is 1. The summed E-state index contributed by atoms with van der Waals surface area (Å²) in [5, 5.41) is 5.76. The average molecular weight is 597 g/mol. The maximum atomic E-state index is 14.7. The molecule has 202 valence electrons. The number of carbonyl (C=O) groups excluding carboxylic acids is 1. The second-order valence-electron chi connectivity index (χ2n) is 9.76. The SMILES string of the molecule is CN(C)CC(=O)Nc1cccc(-n2c(=O)n(C3CC3)c(=O)c3c(Nc4ccc(Br)cc4F)cc(=O)n(C)c32)c1. The Kier molecular flexibility index (Phi) is 7.00. The monoisotopic (exact) mass is 596 g/mol. The molecule has 5 rings (SSSR count). The van der Waals surface area contributed by atoms with Gasteiger partial charge >= 0.3 is 5.69 Å². The zero-order valence-corrected chi connectivity index (χ0v) is 23.1. The summed E-state index contributed by atoms with van der Waals surface area (Å²) in [6.07, 6.45) is 1.33. The molecule has 1 saturated carbocycles. The van der Waals surface area contributed by atoms with Crippen molar-refractivity contribution in [3.63, 3.8) is 0 Å². The molecular formula is C27H26BrFN6O4. The number of aromatic nitrogens is 3. The summed E-state index contributed by atoms with van der Waals surface area (Å²) in [5.74, 6) is -0.831. The van der Waals surface area contributed by atoms with Crippen LogP contribution >= 0.6 is 15.9 Å². The molecule has 0 atom stereocenters. The zero-order valence-electron chi connectivity index (χ0n) is 21.5. The first-order chi connectivity index (χ1) is 18.5. The van der Waals surface area contributed by atoms with Crippen LogP contribution in [0.5, 0.6) is 0 Å². The molecule has 10 nitrogen and oxygen atoms in total. The van der Waals surface area contributed by atoms with Crippen molar-refractivity contribution in [1.82, 2.24) is 18.6 Å². The van der Waals surface area contributed by atoms with E-state index in [1.54, 1.807) is 49.3 Å². The summed E-state index contributed by atoms with van der Waals surface area (Å²) >= 11 is 3.22. The smallest absolute Gasteiger partial charge is 0.337 e. The third kappa shape index (κ3) is 5.17. The molecule has 2 N–H and O–H groups in total. The molecule has 1 fully saturated rings. The molecule has 4 aromatic rings. The second kappa shape index (κ2) is 10.3. The minimum atomic E-state index is -0.603. The summed E-state index contributed by atoms with van der Waals surface area (Å²) in [5.41, 5.74) is -0.690. The Balaban J connectivity index is 1.77. The minimum absolute atomic E-state index is 0.0474. The molecule has 39 heavy (non-hydrogen) atoms. The first kappa shape index (κ1) is 26.6. The normalized spacial score (nSPS) is 13.2. The van der Waals surface area contributed by atoms with Crippen LogP contribution < -0.4 is 27.4 Å². The van der Waals surface area contributed by atoms with E-state index in [9.17, 15) is 23.6 Å². The summed E-state index contributed by atoms with van der Waals surface area (Å²) in [7, 11) is 5.01. The minimum Gasteiger partial charge on any atom is -0.352 e. The standard InChI is InChI=1S/C27H26BrFN6O4/c1-32(2)14-22(36)30-16-5-4-6-18(12-16)34-25-24(26(38)35(27(34)39)17-8-9-17)21(13-23(37)33(25)3)31-20-10-7-15(28)11-19(20)29/h4-7,10-13,17,31H,8-9,14H2,1-3H3,(H,30,36). The number of rotatable bonds is 7. The second-order valence-corrected chi connectivity index (χ2v) is 10.7. The van der Waals surface area contributed by atoms with Gasteiger partial charge in [-0.1, -0.05) is 22.0 Å². The van der Waals surface area contributed by atoms with Crippen molar-refractivity contribution in [2.45, 2.75) is 18.9 Å². The van der Waals surface area contributed by atoms with E-state index in [2.05, 4.69) is 26.6 Å². The number of carbonyl (C=O) groups is 1. The Labute approximate surface area is 230 Å². The molecule has 12 heteroatoms. The summed E-state index contributed by atoms with van der Waals surface area (Å²) < 4.78 is 18.9. The molecule has 0 bridgehead atoms. The van der Waals surface area contributed by atoms with E-state index < -0.39 is 22.6 Å². The molecule has 0 aliphatic heterocycles. The number of amides is 1. The van der Waals surface area contributed by atoms with Gasteiger partial charge in [-0.3, -0.25) is 23.5 Å². The number of pyridine rings is 1. The highest BCUT2D eigenvalue weighted by molar-refractivity contribution is 9.10. The number of aryl methyl sites for hydroxylation is 1. The largest absolute Gasteiger partial charge is 0.352 e. The van der Waals surface area contributed by atoms with Crippen LogP contribution in [0.1, 0.15) is 18.9 Å². The fraction of sp³-hybridized carbons (Fsp3) is 0.259. The zero-order chi connectivity index (χ0) is 28.0. The number of nitrogens with zero attached hydrogens (tertiary/aromatic N) is 4. The number of benzene rings is 2. The fourth-order valence-electron chi connectivity index (χ4n) is 4.50. The van der Waals surface area contributed by atoms with Crippen LogP contribution in [0.15, 0.2) is 67.4 Å². The van der Waals surface area contributed by atoms with E-state index in [1.807, 2.05) is 0 Å². The van der Waals surface area contributed by atoms with Gasteiger partial charge in [-0.2, -0.15) is 0 Å². The topological polar surface area (TPSA) is 110 Å². The van der Waals surface area contributed by atoms with Gasteiger partial charge in [0.2, 0.25) is 5.91 Å². The molecule has 2 aromatic carbocycles. The van der Waals surface area contributed by atoms with Gasteiger partial charge in [0.05, 0.1) is 23.6 Å². The molecule has 2 aromatic heterocycles. The lowest BCUT2D eigenvalue weighted by molar-refractivity contribution is -0.116. The van der Waals surface area contributed by atoms with Gasteiger partial charge in [0.25, 0.3) is 11.1 Å².